The van der Waals surface area contributed by atoms with Crippen LogP contribution in [0.4, 0.5) is 5.95 Å². The SMILES string of the molecule is CN(Cc1cccc(-c2ccc(CN3CCN(c4ncccn4)CC3)nc2)c1)C(=S)CN. The predicted molar refractivity (Wildman–Crippen MR) is 132 cm³/mol. The molecule has 4 rings (SSSR count). The third-order valence-corrected chi connectivity index (χ3v) is 6.18. The highest BCUT2D eigenvalue weighted by molar-refractivity contribution is 7.80. The zero-order valence-electron chi connectivity index (χ0n) is 18.4. The second kappa shape index (κ2) is 10.6. The summed E-state index contributed by atoms with van der Waals surface area (Å²) in [6.07, 6.45) is 5.56. The molecule has 0 spiro atoms. The minimum Gasteiger partial charge on any atom is -0.364 e. The number of nitrogens with zero attached hydrogens (tertiary/aromatic N) is 6. The predicted octanol–water partition coefficient (Wildman–Crippen LogP) is 2.58. The van der Waals surface area contributed by atoms with Gasteiger partial charge in [0.05, 0.1) is 10.7 Å². The lowest BCUT2D eigenvalue weighted by molar-refractivity contribution is 0.246. The summed E-state index contributed by atoms with van der Waals surface area (Å²) >= 11 is 5.29. The molecule has 166 valence electrons. The van der Waals surface area contributed by atoms with Gasteiger partial charge < -0.3 is 15.5 Å². The first kappa shape index (κ1) is 22.3. The van der Waals surface area contributed by atoms with Crippen molar-refractivity contribution in [3.63, 3.8) is 0 Å². The van der Waals surface area contributed by atoms with Crippen LogP contribution in [0.3, 0.4) is 0 Å². The quantitative estimate of drug-likeness (QED) is 0.554. The minimum absolute atomic E-state index is 0.395. The van der Waals surface area contributed by atoms with Gasteiger partial charge in [0, 0.05) is 77.0 Å². The lowest BCUT2D eigenvalue weighted by Gasteiger charge is -2.34. The van der Waals surface area contributed by atoms with E-state index in [2.05, 4.69) is 56.2 Å². The number of nitrogens with two attached hydrogens (primary N) is 1. The second-order valence-electron chi connectivity index (χ2n) is 8.00. The van der Waals surface area contributed by atoms with Crippen molar-refractivity contribution in [2.24, 2.45) is 5.73 Å². The molecule has 0 amide bonds. The van der Waals surface area contributed by atoms with Gasteiger partial charge in [-0.1, -0.05) is 36.5 Å². The van der Waals surface area contributed by atoms with E-state index < -0.39 is 0 Å². The Morgan fingerprint density at radius 2 is 1.78 bits per heavy atom. The smallest absolute Gasteiger partial charge is 0.225 e. The summed E-state index contributed by atoms with van der Waals surface area (Å²) in [7, 11) is 1.98. The lowest BCUT2D eigenvalue weighted by atomic mass is 10.0. The zero-order chi connectivity index (χ0) is 22.3. The van der Waals surface area contributed by atoms with Gasteiger partial charge in [-0.15, -0.1) is 0 Å². The molecular weight excluding hydrogens is 418 g/mol. The highest BCUT2D eigenvalue weighted by Gasteiger charge is 2.19. The van der Waals surface area contributed by atoms with E-state index in [1.165, 1.54) is 5.56 Å². The molecule has 1 fully saturated rings. The van der Waals surface area contributed by atoms with E-state index in [4.69, 9.17) is 22.9 Å². The number of benzene rings is 1. The molecule has 1 saturated heterocycles. The van der Waals surface area contributed by atoms with Crippen molar-refractivity contribution in [1.29, 1.82) is 0 Å². The molecule has 2 N–H and O–H groups in total. The van der Waals surface area contributed by atoms with Crippen molar-refractivity contribution in [2.75, 3.05) is 44.7 Å². The van der Waals surface area contributed by atoms with Crippen molar-refractivity contribution in [3.05, 3.63) is 72.3 Å². The average molecular weight is 448 g/mol. The van der Waals surface area contributed by atoms with E-state index in [1.807, 2.05) is 24.2 Å². The van der Waals surface area contributed by atoms with E-state index >= 15 is 0 Å². The van der Waals surface area contributed by atoms with Gasteiger partial charge in [0.25, 0.3) is 0 Å². The topological polar surface area (TPSA) is 74.4 Å². The van der Waals surface area contributed by atoms with Crippen LogP contribution in [0, 0.1) is 0 Å². The first-order valence-electron chi connectivity index (χ1n) is 10.8. The van der Waals surface area contributed by atoms with Gasteiger partial charge in [-0.2, -0.15) is 0 Å². The molecule has 7 nitrogen and oxygen atoms in total. The highest BCUT2D eigenvalue weighted by Crippen LogP contribution is 2.21. The van der Waals surface area contributed by atoms with Crippen molar-refractivity contribution in [3.8, 4) is 11.1 Å². The lowest BCUT2D eigenvalue weighted by Crippen LogP contribution is -2.46. The molecule has 0 atom stereocenters. The molecule has 3 heterocycles. The van der Waals surface area contributed by atoms with E-state index in [0.29, 0.717) is 6.54 Å². The normalized spacial score (nSPS) is 14.4. The fourth-order valence-corrected chi connectivity index (χ4v) is 3.91. The minimum atomic E-state index is 0.395. The summed E-state index contributed by atoms with van der Waals surface area (Å²) in [6, 6.07) is 14.6. The van der Waals surface area contributed by atoms with Crippen LogP contribution in [0.1, 0.15) is 11.3 Å². The summed E-state index contributed by atoms with van der Waals surface area (Å²) in [5, 5.41) is 0. The van der Waals surface area contributed by atoms with Crippen LogP contribution in [-0.2, 0) is 13.1 Å². The van der Waals surface area contributed by atoms with E-state index in [0.717, 1.165) is 67.0 Å². The van der Waals surface area contributed by atoms with Crippen LogP contribution < -0.4 is 10.6 Å². The summed E-state index contributed by atoms with van der Waals surface area (Å²) < 4.78 is 0. The molecule has 8 heteroatoms. The van der Waals surface area contributed by atoms with Gasteiger partial charge in [-0.3, -0.25) is 9.88 Å². The Morgan fingerprint density at radius 1 is 1.00 bits per heavy atom. The Bertz CT molecular complexity index is 1020. The van der Waals surface area contributed by atoms with Crippen molar-refractivity contribution in [1.82, 2.24) is 24.8 Å². The van der Waals surface area contributed by atoms with Gasteiger partial charge in [-0.05, 0) is 29.3 Å². The van der Waals surface area contributed by atoms with Gasteiger partial charge >= 0.3 is 0 Å². The fourth-order valence-electron chi connectivity index (χ4n) is 3.85. The molecule has 0 aliphatic carbocycles. The molecule has 1 aliphatic heterocycles. The van der Waals surface area contributed by atoms with Crippen LogP contribution in [0.15, 0.2) is 61.1 Å². The van der Waals surface area contributed by atoms with Crippen LogP contribution in [0.5, 0.6) is 0 Å². The molecule has 0 radical (unpaired) electrons. The zero-order valence-corrected chi connectivity index (χ0v) is 19.2. The Kier molecular flexibility index (Phi) is 7.36. The Balaban J connectivity index is 1.34. The molecule has 0 bridgehead atoms. The molecule has 0 unspecified atom stereocenters. The molecule has 32 heavy (non-hydrogen) atoms. The Morgan fingerprint density at radius 3 is 2.47 bits per heavy atom. The summed E-state index contributed by atoms with van der Waals surface area (Å²) in [5.74, 6) is 0.813. The summed E-state index contributed by atoms with van der Waals surface area (Å²) in [4.78, 5) is 20.9. The maximum Gasteiger partial charge on any atom is 0.225 e. The monoisotopic (exact) mass is 447 g/mol. The number of likely N-dealkylation sites (N-methyl/N-ethyl adjacent to an activating group) is 1. The third-order valence-electron chi connectivity index (χ3n) is 5.70. The molecule has 2 aromatic heterocycles. The molecule has 1 aromatic carbocycles. The standard InChI is InChI=1S/C24H29N7S/c1-29(23(32)15-25)17-19-4-2-5-20(14-19)21-6-7-22(28-16-21)18-30-10-12-31(13-11-30)24-26-8-3-9-27-24/h2-9,14,16H,10-13,15,17-18,25H2,1H3. The molecule has 1 aliphatic rings. The van der Waals surface area contributed by atoms with E-state index in [-0.39, 0.29) is 0 Å². The second-order valence-corrected chi connectivity index (χ2v) is 8.48. The van der Waals surface area contributed by atoms with Gasteiger partial charge in [0.1, 0.15) is 0 Å². The molecular formula is C24H29N7S. The van der Waals surface area contributed by atoms with Gasteiger partial charge in [0.2, 0.25) is 5.95 Å². The van der Waals surface area contributed by atoms with E-state index in [9.17, 15) is 0 Å². The van der Waals surface area contributed by atoms with Crippen LogP contribution in [-0.4, -0.2) is 69.5 Å². The van der Waals surface area contributed by atoms with Gasteiger partial charge in [0.15, 0.2) is 0 Å². The maximum atomic E-state index is 5.66. The van der Waals surface area contributed by atoms with Crippen LogP contribution in [0.25, 0.3) is 11.1 Å². The number of piperazine rings is 1. The number of anilines is 1. The summed E-state index contributed by atoms with van der Waals surface area (Å²) in [6.45, 7) is 5.80. The van der Waals surface area contributed by atoms with Crippen molar-refractivity contribution < 1.29 is 0 Å². The number of pyridine rings is 1. The number of hydrogen-bond donors (Lipinski definition) is 1. The van der Waals surface area contributed by atoms with Gasteiger partial charge in [-0.25, -0.2) is 9.97 Å². The number of aromatic nitrogens is 3. The fraction of sp³-hybridized carbons (Fsp3) is 0.333. The van der Waals surface area contributed by atoms with Crippen molar-refractivity contribution in [2.45, 2.75) is 13.1 Å². The third kappa shape index (κ3) is 5.64. The number of thiocarbonyl (C=S) groups is 1. The molecule has 3 aromatic rings. The summed E-state index contributed by atoms with van der Waals surface area (Å²) in [5.41, 5.74) is 10.2. The maximum absolute atomic E-state index is 5.66. The molecule has 0 saturated carbocycles. The van der Waals surface area contributed by atoms with Crippen molar-refractivity contribution >= 4 is 23.2 Å². The Hall–Kier alpha value is -2.94. The van der Waals surface area contributed by atoms with Crippen LogP contribution >= 0.6 is 12.2 Å². The number of rotatable bonds is 7. The first-order chi connectivity index (χ1) is 15.6. The van der Waals surface area contributed by atoms with E-state index in [1.54, 1.807) is 12.4 Å². The first-order valence-corrected chi connectivity index (χ1v) is 11.3. The average Bonchev–Trinajstić information content (AvgIpc) is 2.85. The number of hydrogen-bond acceptors (Lipinski definition) is 7. The van der Waals surface area contributed by atoms with Crippen LogP contribution in [0.2, 0.25) is 0 Å². The Labute approximate surface area is 194 Å². The largest absolute Gasteiger partial charge is 0.364 e. The highest BCUT2D eigenvalue weighted by atomic mass is 32.1.